The second-order valence-corrected chi connectivity index (χ2v) is 8.59. The molecule has 0 aliphatic heterocycles. The molecule has 0 amide bonds. The summed E-state index contributed by atoms with van der Waals surface area (Å²) in [5, 5.41) is 0. The van der Waals surface area contributed by atoms with Crippen molar-refractivity contribution in [1.29, 1.82) is 0 Å². The molecule has 4 aromatic rings. The van der Waals surface area contributed by atoms with Gasteiger partial charge in [0.2, 0.25) is 0 Å². The van der Waals surface area contributed by atoms with Gasteiger partial charge in [-0.3, -0.25) is 0 Å². The topological polar surface area (TPSA) is 48.2 Å². The van der Waals surface area contributed by atoms with Crippen LogP contribution in [-0.2, 0) is 0 Å². The monoisotopic (exact) mass is 525 g/mol. The summed E-state index contributed by atoms with van der Waals surface area (Å²) in [6, 6.07) is 26.4. The third-order valence-corrected chi connectivity index (χ3v) is 6.36. The van der Waals surface area contributed by atoms with E-state index in [1.54, 1.807) is 0 Å². The zero-order chi connectivity index (χ0) is 21.3. The Morgan fingerprint density at radius 3 is 2.07 bits per heavy atom. The molecule has 0 unspecified atom stereocenters. The number of hydrogen-bond donors (Lipinski definition) is 1. The van der Waals surface area contributed by atoms with Gasteiger partial charge >= 0.3 is 193 Å². The SMILES string of the molecule is Cc1ccccc1N=C([Se])c1c(N)n(-c2ccccc2C)c(=[Se])n1-c1ccccc1. The normalized spacial score (nSPS) is 11.6. The summed E-state index contributed by atoms with van der Waals surface area (Å²) in [5.74, 6) is 0.619. The Morgan fingerprint density at radius 1 is 0.800 bits per heavy atom. The Bertz CT molecular complexity index is 1300. The molecule has 2 N–H and O–H groups in total. The van der Waals surface area contributed by atoms with E-state index in [0.717, 1.165) is 42.8 Å². The van der Waals surface area contributed by atoms with Gasteiger partial charge < -0.3 is 0 Å². The molecule has 0 spiro atoms. The molecule has 4 rings (SSSR count). The first-order valence-corrected chi connectivity index (χ1v) is 11.3. The number of aryl methyl sites for hydroxylation is 2. The van der Waals surface area contributed by atoms with Crippen molar-refractivity contribution in [2.75, 3.05) is 5.73 Å². The van der Waals surface area contributed by atoms with Crippen LogP contribution in [0.25, 0.3) is 11.4 Å². The Morgan fingerprint density at radius 2 is 1.40 bits per heavy atom. The van der Waals surface area contributed by atoms with Crippen LogP contribution >= 0.6 is 0 Å². The molecule has 1 heterocycles. The van der Waals surface area contributed by atoms with Crippen LogP contribution in [-0.4, -0.2) is 45.3 Å². The summed E-state index contributed by atoms with van der Waals surface area (Å²) < 4.78 is 5.77. The summed E-state index contributed by atoms with van der Waals surface area (Å²) in [6.07, 6.45) is 0. The van der Waals surface area contributed by atoms with Gasteiger partial charge in [0.25, 0.3) is 0 Å². The van der Waals surface area contributed by atoms with Gasteiger partial charge in [-0.15, -0.1) is 0 Å². The predicted octanol–water partition coefficient (Wildman–Crippen LogP) is 4.41. The van der Waals surface area contributed by atoms with Gasteiger partial charge in [-0.1, -0.05) is 0 Å². The second-order valence-electron chi connectivity index (χ2n) is 7.01. The van der Waals surface area contributed by atoms with E-state index in [9.17, 15) is 0 Å². The van der Waals surface area contributed by atoms with Crippen molar-refractivity contribution in [1.82, 2.24) is 9.13 Å². The third-order valence-electron chi connectivity index (χ3n) is 5.00. The van der Waals surface area contributed by atoms with Crippen molar-refractivity contribution in [3.8, 4) is 11.4 Å². The molecule has 3 aromatic carbocycles. The van der Waals surface area contributed by atoms with Gasteiger partial charge in [0.05, 0.1) is 0 Å². The Balaban J connectivity index is 2.03. The molecule has 0 saturated carbocycles. The van der Waals surface area contributed by atoms with Crippen molar-refractivity contribution >= 4 is 47.7 Å². The summed E-state index contributed by atoms with van der Waals surface area (Å²) in [5.41, 5.74) is 12.8. The molecule has 0 saturated heterocycles. The number of aliphatic imine (C=N–C) groups is 1. The number of hydrogen-bond acceptors (Lipinski definition) is 2. The average Bonchev–Trinajstić information content (AvgIpc) is 3.01. The van der Waals surface area contributed by atoms with Gasteiger partial charge in [-0.05, 0) is 0 Å². The first-order valence-electron chi connectivity index (χ1n) is 9.55. The van der Waals surface area contributed by atoms with Crippen molar-refractivity contribution in [3.05, 3.63) is 100 Å². The summed E-state index contributed by atoms with van der Waals surface area (Å²) in [7, 11) is 0. The zero-order valence-electron chi connectivity index (χ0n) is 16.7. The van der Waals surface area contributed by atoms with E-state index in [1.807, 2.05) is 53.1 Å². The van der Waals surface area contributed by atoms with Crippen LogP contribution in [0, 0.1) is 18.2 Å². The Hall–Kier alpha value is -2.62. The summed E-state index contributed by atoms with van der Waals surface area (Å²) >= 11 is 6.38. The molecule has 0 aliphatic rings. The molecular weight excluding hydrogens is 502 g/mol. The molecule has 1 radical (unpaired) electrons. The van der Waals surface area contributed by atoms with E-state index in [-0.39, 0.29) is 0 Å². The number of rotatable bonds is 4. The summed E-state index contributed by atoms with van der Waals surface area (Å²) in [6.45, 7) is 4.14. The van der Waals surface area contributed by atoms with E-state index < -0.39 is 0 Å². The van der Waals surface area contributed by atoms with Crippen LogP contribution < -0.4 is 5.73 Å². The quantitative estimate of drug-likeness (QED) is 0.313. The van der Waals surface area contributed by atoms with Crippen LogP contribution in [0.2, 0.25) is 0 Å². The Labute approximate surface area is 192 Å². The molecule has 149 valence electrons. The molecule has 0 bridgehead atoms. The number of nitrogen functional groups attached to an aromatic ring is 1. The maximum absolute atomic E-state index is 6.76. The zero-order valence-corrected chi connectivity index (χ0v) is 20.2. The fourth-order valence-electron chi connectivity index (χ4n) is 3.44. The van der Waals surface area contributed by atoms with Crippen LogP contribution in [0.1, 0.15) is 16.8 Å². The van der Waals surface area contributed by atoms with Crippen molar-refractivity contribution in [3.63, 3.8) is 0 Å². The van der Waals surface area contributed by atoms with E-state index in [1.165, 1.54) is 0 Å². The fourth-order valence-corrected chi connectivity index (χ4v) is 4.88. The van der Waals surface area contributed by atoms with Crippen LogP contribution in [0.3, 0.4) is 0 Å². The van der Waals surface area contributed by atoms with Gasteiger partial charge in [-0.25, -0.2) is 0 Å². The number of benzene rings is 3. The second kappa shape index (κ2) is 8.63. The van der Waals surface area contributed by atoms with Crippen molar-refractivity contribution < 1.29 is 0 Å². The number of aromatic nitrogens is 2. The average molecular weight is 523 g/mol. The standard InChI is InChI=1S/C24H21N4Se2/c1-16-10-6-8-14-19(16)26-23(29)21-22(25)28(20-15-9-7-11-17(20)2)24(30)27(21)18-12-4-3-5-13-18/h3-15H,25H2,1-2H3. The molecular formula is C24H21N4Se2. The minimum atomic E-state index is 0.619. The van der Waals surface area contributed by atoms with Crippen LogP contribution in [0.4, 0.5) is 11.5 Å². The molecule has 6 heteroatoms. The number of imidazole rings is 1. The predicted molar refractivity (Wildman–Crippen MR) is 126 cm³/mol. The minimum absolute atomic E-state index is 0.619. The van der Waals surface area contributed by atoms with Gasteiger partial charge in [0.1, 0.15) is 0 Å². The van der Waals surface area contributed by atoms with Crippen molar-refractivity contribution in [2.24, 2.45) is 4.99 Å². The first-order chi connectivity index (χ1) is 14.5. The van der Waals surface area contributed by atoms with E-state index in [4.69, 9.17) is 10.7 Å². The van der Waals surface area contributed by atoms with E-state index in [0.29, 0.717) is 5.82 Å². The number of anilines is 1. The van der Waals surface area contributed by atoms with E-state index in [2.05, 4.69) is 80.3 Å². The van der Waals surface area contributed by atoms with Crippen molar-refractivity contribution in [2.45, 2.75) is 13.8 Å². The first kappa shape index (κ1) is 20.6. The molecule has 0 fully saturated rings. The number of para-hydroxylation sites is 3. The maximum atomic E-state index is 6.76. The number of nitrogens with zero attached hydrogens (tertiary/aromatic N) is 3. The van der Waals surface area contributed by atoms with Gasteiger partial charge in [0.15, 0.2) is 0 Å². The molecule has 30 heavy (non-hydrogen) atoms. The molecule has 0 atom stereocenters. The molecule has 1 aromatic heterocycles. The Kier molecular flexibility index (Phi) is 5.94. The van der Waals surface area contributed by atoms with Gasteiger partial charge in [-0.2, -0.15) is 0 Å². The molecule has 0 aliphatic carbocycles. The van der Waals surface area contributed by atoms with E-state index >= 15 is 0 Å². The van der Waals surface area contributed by atoms with Crippen LogP contribution in [0.5, 0.6) is 0 Å². The van der Waals surface area contributed by atoms with Crippen LogP contribution in [0.15, 0.2) is 83.9 Å². The third kappa shape index (κ3) is 3.76. The fraction of sp³-hybridized carbons (Fsp3) is 0.0833. The molecule has 4 nitrogen and oxygen atoms in total. The summed E-state index contributed by atoms with van der Waals surface area (Å²) in [4.78, 5) is 4.88. The number of nitrogens with two attached hydrogens (primary N) is 1. The van der Waals surface area contributed by atoms with Gasteiger partial charge in [0, 0.05) is 0 Å².